The maximum atomic E-state index is 10.5. The van der Waals surface area contributed by atoms with Gasteiger partial charge >= 0.3 is 0 Å². The number of amides is 1. The summed E-state index contributed by atoms with van der Waals surface area (Å²) in [5.74, 6) is -1.86. The first-order valence-corrected chi connectivity index (χ1v) is 3.22. The maximum Gasteiger partial charge on any atom is 0.248 e. The number of carbonyl (C=O) groups excluding carboxylic acids is 2. The van der Waals surface area contributed by atoms with Crippen LogP contribution in [0.5, 0.6) is 0 Å². The molecule has 0 fully saturated rings. The van der Waals surface area contributed by atoms with Crippen LogP contribution >= 0.6 is 0 Å². The SMILES string of the molecule is NC(=O)c1ccc(C(=O)[O-])cc1.[NH4+]. The third-order valence-electron chi connectivity index (χ3n) is 1.41. The van der Waals surface area contributed by atoms with Crippen LogP contribution in [0.2, 0.25) is 0 Å². The summed E-state index contributed by atoms with van der Waals surface area (Å²) in [6.07, 6.45) is 0. The number of carboxylic acid groups (broad SMARTS) is 1. The zero-order chi connectivity index (χ0) is 9.14. The molecule has 0 atom stereocenters. The predicted octanol–water partition coefficient (Wildman–Crippen LogP) is -0.475. The Kier molecular flexibility index (Phi) is 3.61. The Morgan fingerprint density at radius 3 is 1.77 bits per heavy atom. The van der Waals surface area contributed by atoms with Gasteiger partial charge in [-0.1, -0.05) is 12.1 Å². The maximum absolute atomic E-state index is 10.5. The van der Waals surface area contributed by atoms with Crippen LogP contribution in [0.3, 0.4) is 0 Å². The highest BCUT2D eigenvalue weighted by atomic mass is 16.4. The summed E-state index contributed by atoms with van der Waals surface area (Å²) in [7, 11) is 0. The lowest BCUT2D eigenvalue weighted by Crippen LogP contribution is -2.22. The topological polar surface area (TPSA) is 120 Å². The Morgan fingerprint density at radius 1 is 1.08 bits per heavy atom. The van der Waals surface area contributed by atoms with E-state index in [2.05, 4.69) is 0 Å². The summed E-state index contributed by atoms with van der Waals surface area (Å²) in [6.45, 7) is 0. The van der Waals surface area contributed by atoms with Crippen molar-refractivity contribution in [2.45, 2.75) is 0 Å². The van der Waals surface area contributed by atoms with Crippen molar-refractivity contribution in [2.24, 2.45) is 5.73 Å². The highest BCUT2D eigenvalue weighted by Gasteiger charge is 1.98. The van der Waals surface area contributed by atoms with Crippen molar-refractivity contribution in [1.29, 1.82) is 0 Å². The van der Waals surface area contributed by atoms with E-state index in [9.17, 15) is 14.7 Å². The molecular weight excluding hydrogens is 172 g/mol. The van der Waals surface area contributed by atoms with E-state index in [1.807, 2.05) is 0 Å². The number of hydrogen-bond acceptors (Lipinski definition) is 3. The largest absolute Gasteiger partial charge is 0.545 e. The molecule has 6 N–H and O–H groups in total. The first-order valence-electron chi connectivity index (χ1n) is 3.22. The van der Waals surface area contributed by atoms with Crippen LogP contribution in [0.4, 0.5) is 0 Å². The molecule has 0 saturated heterocycles. The van der Waals surface area contributed by atoms with E-state index in [1.54, 1.807) is 0 Å². The fourth-order valence-corrected chi connectivity index (χ4v) is 0.771. The van der Waals surface area contributed by atoms with Crippen molar-refractivity contribution in [1.82, 2.24) is 6.15 Å². The van der Waals surface area contributed by atoms with Crippen LogP contribution in [0.25, 0.3) is 0 Å². The van der Waals surface area contributed by atoms with Crippen LogP contribution in [0.1, 0.15) is 20.7 Å². The second-order valence-corrected chi connectivity index (χ2v) is 2.23. The summed E-state index contributed by atoms with van der Waals surface area (Å²) >= 11 is 0. The van der Waals surface area contributed by atoms with Crippen molar-refractivity contribution >= 4 is 11.9 Å². The lowest BCUT2D eigenvalue weighted by atomic mass is 10.1. The number of hydrogen-bond donors (Lipinski definition) is 2. The molecule has 5 heteroatoms. The van der Waals surface area contributed by atoms with Gasteiger partial charge in [0.1, 0.15) is 0 Å². The number of carboxylic acids is 1. The number of primary amides is 1. The predicted molar refractivity (Wildman–Crippen MR) is 45.3 cm³/mol. The van der Waals surface area contributed by atoms with Gasteiger partial charge in [-0.2, -0.15) is 0 Å². The van der Waals surface area contributed by atoms with E-state index in [-0.39, 0.29) is 17.3 Å². The average molecular weight is 182 g/mol. The first-order chi connectivity index (χ1) is 5.61. The van der Waals surface area contributed by atoms with Crippen LogP contribution in [0.15, 0.2) is 24.3 Å². The minimum absolute atomic E-state index is 0. The molecule has 0 aromatic heterocycles. The van der Waals surface area contributed by atoms with Gasteiger partial charge in [0.15, 0.2) is 0 Å². The van der Waals surface area contributed by atoms with Gasteiger partial charge in [0.25, 0.3) is 0 Å². The molecule has 1 aromatic rings. The number of nitrogens with two attached hydrogens (primary N) is 1. The highest BCUT2D eigenvalue weighted by Crippen LogP contribution is 2.02. The Bertz CT molecular complexity index is 286. The van der Waals surface area contributed by atoms with Crippen molar-refractivity contribution < 1.29 is 14.7 Å². The fourth-order valence-electron chi connectivity index (χ4n) is 0.771. The highest BCUT2D eigenvalue weighted by molar-refractivity contribution is 5.94. The molecule has 0 radical (unpaired) electrons. The number of quaternary nitrogens is 1. The molecule has 0 unspecified atom stereocenters. The monoisotopic (exact) mass is 182 g/mol. The Morgan fingerprint density at radius 2 is 1.46 bits per heavy atom. The second kappa shape index (κ2) is 4.22. The van der Waals surface area contributed by atoms with Gasteiger partial charge in [-0.05, 0) is 17.7 Å². The minimum atomic E-state index is -1.27. The third-order valence-corrected chi connectivity index (χ3v) is 1.41. The Labute approximate surface area is 74.8 Å². The Balaban J connectivity index is 0.00000144. The molecule has 0 aliphatic carbocycles. The summed E-state index contributed by atoms with van der Waals surface area (Å²) in [5, 5.41) is 10.3. The van der Waals surface area contributed by atoms with E-state index >= 15 is 0 Å². The van der Waals surface area contributed by atoms with Gasteiger partial charge in [-0.15, -0.1) is 0 Å². The zero-order valence-corrected chi connectivity index (χ0v) is 7.11. The van der Waals surface area contributed by atoms with Crippen molar-refractivity contribution in [3.8, 4) is 0 Å². The lowest BCUT2D eigenvalue weighted by molar-refractivity contribution is -0.255. The molecule has 1 amide bonds. The van der Waals surface area contributed by atoms with Gasteiger partial charge in [-0.25, -0.2) is 0 Å². The molecule has 1 aromatic carbocycles. The second-order valence-electron chi connectivity index (χ2n) is 2.23. The van der Waals surface area contributed by atoms with Gasteiger partial charge in [0.2, 0.25) is 5.91 Å². The van der Waals surface area contributed by atoms with Crippen LogP contribution in [0, 0.1) is 0 Å². The van der Waals surface area contributed by atoms with Crippen molar-refractivity contribution in [2.75, 3.05) is 0 Å². The molecule has 1 rings (SSSR count). The van der Waals surface area contributed by atoms with Gasteiger partial charge in [-0.3, -0.25) is 4.79 Å². The van der Waals surface area contributed by atoms with E-state index < -0.39 is 11.9 Å². The van der Waals surface area contributed by atoms with E-state index in [4.69, 9.17) is 5.73 Å². The smallest absolute Gasteiger partial charge is 0.248 e. The molecule has 0 saturated carbocycles. The summed E-state index contributed by atoms with van der Waals surface area (Å²) in [4.78, 5) is 20.8. The summed E-state index contributed by atoms with van der Waals surface area (Å²) < 4.78 is 0. The van der Waals surface area contributed by atoms with Crippen molar-refractivity contribution in [3.63, 3.8) is 0 Å². The number of carbonyl (C=O) groups is 2. The van der Waals surface area contributed by atoms with E-state index in [0.29, 0.717) is 0 Å². The standard InChI is InChI=1S/C8H7NO3.H3N/c9-7(10)5-1-3-6(4-2-5)8(11)12;/h1-4H,(H2,9,10)(H,11,12);1H3. The molecule has 13 heavy (non-hydrogen) atoms. The average Bonchev–Trinajstić information content (AvgIpc) is 2.04. The fraction of sp³-hybridized carbons (Fsp3) is 0. The molecule has 0 heterocycles. The third kappa shape index (κ3) is 2.57. The van der Waals surface area contributed by atoms with Crippen LogP contribution in [-0.2, 0) is 0 Å². The molecule has 0 spiro atoms. The molecule has 0 bridgehead atoms. The molecular formula is C8H10N2O3. The van der Waals surface area contributed by atoms with E-state index in [1.165, 1.54) is 24.3 Å². The van der Waals surface area contributed by atoms with Gasteiger partial charge in [0.05, 0.1) is 5.97 Å². The lowest BCUT2D eigenvalue weighted by Gasteiger charge is -2.01. The summed E-state index contributed by atoms with van der Waals surface area (Å²) in [5.41, 5.74) is 5.24. The minimum Gasteiger partial charge on any atom is -0.545 e. The normalized spacial score (nSPS) is 8.62. The number of benzene rings is 1. The van der Waals surface area contributed by atoms with E-state index in [0.717, 1.165) is 0 Å². The van der Waals surface area contributed by atoms with Gasteiger partial charge in [0, 0.05) is 5.56 Å². The van der Waals surface area contributed by atoms with Crippen LogP contribution in [-0.4, -0.2) is 11.9 Å². The summed E-state index contributed by atoms with van der Waals surface area (Å²) in [6, 6.07) is 5.23. The molecule has 0 aliphatic heterocycles. The van der Waals surface area contributed by atoms with Crippen LogP contribution < -0.4 is 17.0 Å². The zero-order valence-electron chi connectivity index (χ0n) is 7.11. The molecule has 0 aliphatic rings. The number of aromatic carboxylic acids is 1. The van der Waals surface area contributed by atoms with Crippen molar-refractivity contribution in [3.05, 3.63) is 35.4 Å². The quantitative estimate of drug-likeness (QED) is 0.642. The van der Waals surface area contributed by atoms with Gasteiger partial charge < -0.3 is 21.8 Å². The Hall–Kier alpha value is -1.88. The number of rotatable bonds is 2. The molecule has 5 nitrogen and oxygen atoms in total. The first kappa shape index (κ1) is 11.1. The molecule has 70 valence electrons.